The summed E-state index contributed by atoms with van der Waals surface area (Å²) in [5.41, 5.74) is 6.14. The number of nitrogens with one attached hydrogen (secondary N) is 2. The molecule has 0 atom stereocenters. The predicted molar refractivity (Wildman–Crippen MR) is 123 cm³/mol. The van der Waals surface area contributed by atoms with Crippen molar-refractivity contribution in [2.75, 3.05) is 43.4 Å². The molecule has 6 nitrogen and oxygen atoms in total. The Morgan fingerprint density at radius 2 is 2.03 bits per heavy atom. The maximum Gasteiger partial charge on any atom is 0.0877 e. The molecular weight excluding hydrogens is 399 g/mol. The van der Waals surface area contributed by atoms with Crippen LogP contribution in [0.1, 0.15) is 17.0 Å². The molecule has 2 N–H and O–H groups in total. The molecule has 0 radical (unpaired) electrons. The minimum absolute atomic E-state index is 0.186. The lowest BCUT2D eigenvalue weighted by Gasteiger charge is -2.36. The minimum Gasteiger partial charge on any atom is -0.387 e. The quantitative estimate of drug-likeness (QED) is 0.730. The maximum atomic E-state index is 12.9. The van der Waals surface area contributed by atoms with Crippen molar-refractivity contribution < 1.29 is 3.89 Å². The van der Waals surface area contributed by atoms with Crippen LogP contribution in [-0.2, 0) is 6.54 Å². The van der Waals surface area contributed by atoms with Gasteiger partial charge < -0.3 is 15.5 Å². The van der Waals surface area contributed by atoms with Crippen molar-refractivity contribution in [3.8, 4) is 0 Å². The van der Waals surface area contributed by atoms with Crippen molar-refractivity contribution in [2.24, 2.45) is 0 Å². The molecule has 4 rings (SSSR count). The molecule has 30 heavy (non-hydrogen) atoms. The van der Waals surface area contributed by atoms with E-state index in [2.05, 4.69) is 55.7 Å². The third-order valence-corrected chi connectivity index (χ3v) is 5.94. The van der Waals surface area contributed by atoms with Gasteiger partial charge in [-0.1, -0.05) is 13.2 Å². The number of hydrogen-bond acceptors (Lipinski definition) is 7. The highest BCUT2D eigenvalue weighted by Crippen LogP contribution is 2.34. The fraction of sp³-hybridized carbons (Fsp3) is 0.273. The van der Waals surface area contributed by atoms with E-state index in [1.165, 1.54) is 0 Å². The van der Waals surface area contributed by atoms with Gasteiger partial charge in [0.25, 0.3) is 0 Å². The SMILES string of the molecule is C=C1Nc2cc(CN3CCN(c4ccc(C(=C)NC)nc4)CC3)cnc2C=C1SF. The lowest BCUT2D eigenvalue weighted by molar-refractivity contribution is 0.249. The molecule has 2 aliphatic rings. The molecule has 0 saturated carbocycles. The first-order valence-corrected chi connectivity index (χ1v) is 10.5. The van der Waals surface area contributed by atoms with Crippen molar-refractivity contribution in [2.45, 2.75) is 6.54 Å². The van der Waals surface area contributed by atoms with Gasteiger partial charge in [0.15, 0.2) is 0 Å². The highest BCUT2D eigenvalue weighted by atomic mass is 32.2. The average Bonchev–Trinajstić information content (AvgIpc) is 2.78. The van der Waals surface area contributed by atoms with E-state index >= 15 is 0 Å². The van der Waals surface area contributed by atoms with Gasteiger partial charge in [0.05, 0.1) is 51.7 Å². The van der Waals surface area contributed by atoms with E-state index in [1.54, 1.807) is 6.08 Å². The normalized spacial score (nSPS) is 16.5. The number of anilines is 2. The lowest BCUT2D eigenvalue weighted by Crippen LogP contribution is -2.46. The van der Waals surface area contributed by atoms with Gasteiger partial charge in [-0.3, -0.25) is 14.9 Å². The largest absolute Gasteiger partial charge is 0.387 e. The van der Waals surface area contributed by atoms with Gasteiger partial charge in [0.1, 0.15) is 0 Å². The van der Waals surface area contributed by atoms with Crippen molar-refractivity contribution in [3.05, 3.63) is 71.3 Å². The monoisotopic (exact) mass is 424 g/mol. The first-order chi connectivity index (χ1) is 14.6. The molecule has 0 aromatic carbocycles. The Morgan fingerprint density at radius 3 is 2.70 bits per heavy atom. The first kappa shape index (κ1) is 20.4. The van der Waals surface area contributed by atoms with Gasteiger partial charge in [-0.25, -0.2) is 0 Å². The number of halogens is 1. The van der Waals surface area contributed by atoms with Crippen LogP contribution in [0.25, 0.3) is 11.8 Å². The lowest BCUT2D eigenvalue weighted by atomic mass is 10.1. The molecule has 0 amide bonds. The second-order valence-electron chi connectivity index (χ2n) is 7.36. The van der Waals surface area contributed by atoms with Gasteiger partial charge in [-0.2, -0.15) is 3.89 Å². The second-order valence-corrected chi connectivity index (χ2v) is 7.95. The van der Waals surface area contributed by atoms with Crippen LogP contribution in [0.4, 0.5) is 15.3 Å². The zero-order chi connectivity index (χ0) is 21.1. The van der Waals surface area contributed by atoms with Crippen LogP contribution in [0.5, 0.6) is 0 Å². The Bertz CT molecular complexity index is 980. The fourth-order valence-electron chi connectivity index (χ4n) is 3.63. The summed E-state index contributed by atoms with van der Waals surface area (Å²) >= 11 is 0.186. The second kappa shape index (κ2) is 8.89. The topological polar surface area (TPSA) is 56.3 Å². The zero-order valence-electron chi connectivity index (χ0n) is 17.0. The van der Waals surface area contributed by atoms with E-state index < -0.39 is 0 Å². The van der Waals surface area contributed by atoms with E-state index in [-0.39, 0.29) is 12.1 Å². The van der Waals surface area contributed by atoms with Crippen LogP contribution in [0, 0.1) is 0 Å². The molecule has 0 spiro atoms. The summed E-state index contributed by atoms with van der Waals surface area (Å²) in [6.07, 6.45) is 5.51. The van der Waals surface area contributed by atoms with E-state index in [4.69, 9.17) is 0 Å². The Balaban J connectivity index is 1.35. The van der Waals surface area contributed by atoms with Crippen molar-refractivity contribution in [3.63, 3.8) is 0 Å². The Labute approximate surface area is 180 Å². The van der Waals surface area contributed by atoms with Crippen LogP contribution in [0.2, 0.25) is 0 Å². The van der Waals surface area contributed by atoms with Gasteiger partial charge in [0.2, 0.25) is 0 Å². The summed E-state index contributed by atoms with van der Waals surface area (Å²) in [5, 5.41) is 6.18. The Hall–Kier alpha value is -2.84. The molecule has 2 aliphatic heterocycles. The molecule has 4 heterocycles. The molecular formula is C22H25FN6S. The van der Waals surface area contributed by atoms with Gasteiger partial charge >= 0.3 is 0 Å². The molecule has 0 aliphatic carbocycles. The molecule has 1 saturated heterocycles. The van der Waals surface area contributed by atoms with E-state index in [9.17, 15) is 3.89 Å². The average molecular weight is 425 g/mol. The molecule has 0 bridgehead atoms. The van der Waals surface area contributed by atoms with Crippen molar-refractivity contribution in [1.29, 1.82) is 0 Å². The van der Waals surface area contributed by atoms with Gasteiger partial charge in [0, 0.05) is 51.7 Å². The molecule has 2 aromatic heterocycles. The Morgan fingerprint density at radius 1 is 1.23 bits per heavy atom. The number of pyridine rings is 2. The van der Waals surface area contributed by atoms with Crippen LogP contribution >= 0.6 is 12.1 Å². The maximum absolute atomic E-state index is 12.9. The van der Waals surface area contributed by atoms with Crippen LogP contribution in [-0.4, -0.2) is 48.1 Å². The predicted octanol–water partition coefficient (Wildman–Crippen LogP) is 3.89. The molecule has 2 aromatic rings. The highest BCUT2D eigenvalue weighted by Gasteiger charge is 2.20. The summed E-state index contributed by atoms with van der Waals surface area (Å²) in [4.78, 5) is 14.2. The van der Waals surface area contributed by atoms with E-state index in [0.717, 1.165) is 66.7 Å². The number of rotatable bonds is 6. The van der Waals surface area contributed by atoms with E-state index in [0.29, 0.717) is 10.6 Å². The zero-order valence-corrected chi connectivity index (χ0v) is 17.8. The van der Waals surface area contributed by atoms with Crippen LogP contribution in [0.15, 0.2) is 54.4 Å². The van der Waals surface area contributed by atoms with Gasteiger partial charge in [-0.15, -0.1) is 0 Å². The summed E-state index contributed by atoms with van der Waals surface area (Å²) < 4.78 is 12.9. The standard InChI is InChI=1S/C22H25FN6S/c1-15(24-3)19-5-4-18(13-26-19)29-8-6-28(7-9-29)14-17-10-21-20(25-12-17)11-22(30-23)16(2)27-21/h4-5,10-13,24,27H,1-2,6-9,14H2,3H3. The van der Waals surface area contributed by atoms with Crippen LogP contribution in [0.3, 0.4) is 0 Å². The smallest absolute Gasteiger partial charge is 0.0877 e. The molecule has 1 fully saturated rings. The number of nitrogens with zero attached hydrogens (tertiary/aromatic N) is 4. The summed E-state index contributed by atoms with van der Waals surface area (Å²) in [6, 6.07) is 6.18. The number of hydrogen-bond donors (Lipinski definition) is 2. The van der Waals surface area contributed by atoms with Crippen LogP contribution < -0.4 is 15.5 Å². The minimum atomic E-state index is 0.186. The fourth-order valence-corrected chi connectivity index (χ4v) is 3.93. The third kappa shape index (κ3) is 4.34. The number of aromatic nitrogens is 2. The van der Waals surface area contributed by atoms with Crippen molar-refractivity contribution >= 4 is 35.3 Å². The number of piperazine rings is 1. The van der Waals surface area contributed by atoms with Crippen molar-refractivity contribution in [1.82, 2.24) is 20.2 Å². The highest BCUT2D eigenvalue weighted by molar-refractivity contribution is 7.98. The first-order valence-electron chi connectivity index (χ1n) is 9.83. The Kier molecular flexibility index (Phi) is 6.06. The molecule has 8 heteroatoms. The summed E-state index contributed by atoms with van der Waals surface area (Å²) in [6.45, 7) is 12.5. The van der Waals surface area contributed by atoms with Gasteiger partial charge in [-0.05, 0) is 29.8 Å². The summed E-state index contributed by atoms with van der Waals surface area (Å²) in [7, 11) is 1.85. The molecule has 156 valence electrons. The summed E-state index contributed by atoms with van der Waals surface area (Å²) in [5.74, 6) is 0. The third-order valence-electron chi connectivity index (χ3n) is 5.41. The van der Waals surface area contributed by atoms with E-state index in [1.807, 2.05) is 25.5 Å². The molecule has 0 unspecified atom stereocenters. The number of fused-ring (bicyclic) bond motifs is 1.